The van der Waals surface area contributed by atoms with Gasteiger partial charge in [-0.15, -0.1) is 11.3 Å². The van der Waals surface area contributed by atoms with Crippen LogP contribution >= 0.6 is 11.3 Å². The van der Waals surface area contributed by atoms with E-state index >= 15 is 0 Å². The highest BCUT2D eigenvalue weighted by atomic mass is 32.1. The Morgan fingerprint density at radius 1 is 1.77 bits per heavy atom. The van der Waals surface area contributed by atoms with Crippen LogP contribution in [0.5, 0.6) is 0 Å². The molecule has 1 fully saturated rings. The smallest absolute Gasteiger partial charge is 0.110 e. The largest absolute Gasteiger partial charge is 0.386 e. The third-order valence-electron chi connectivity index (χ3n) is 2.09. The summed E-state index contributed by atoms with van der Waals surface area (Å²) in [5, 5.41) is 20.8. The van der Waals surface area contributed by atoms with Gasteiger partial charge in [0.1, 0.15) is 6.10 Å². The lowest BCUT2D eigenvalue weighted by atomic mass is 10.2. The third-order valence-corrected chi connectivity index (χ3v) is 3.12. The molecule has 1 aromatic rings. The van der Waals surface area contributed by atoms with Crippen LogP contribution in [0.2, 0.25) is 0 Å². The van der Waals surface area contributed by atoms with Crippen LogP contribution in [0.4, 0.5) is 0 Å². The van der Waals surface area contributed by atoms with E-state index in [9.17, 15) is 5.11 Å². The summed E-state index contributed by atoms with van der Waals surface area (Å²) in [6, 6.07) is 1.93. The van der Waals surface area contributed by atoms with Gasteiger partial charge in [-0.1, -0.05) is 0 Å². The molecule has 13 heavy (non-hydrogen) atoms. The lowest BCUT2D eigenvalue weighted by molar-refractivity contribution is 0.179. The standard InChI is InChI=1S/C9H10N2OS/c10-4-3-8(12)7-5-13-9(11-7)6-1-2-6/h5-6,8,12H,1-3H2. The fourth-order valence-electron chi connectivity index (χ4n) is 1.16. The fraction of sp³-hybridized carbons (Fsp3) is 0.556. The van der Waals surface area contributed by atoms with Crippen molar-refractivity contribution in [1.82, 2.24) is 4.98 Å². The van der Waals surface area contributed by atoms with Crippen LogP contribution in [-0.2, 0) is 0 Å². The average Bonchev–Trinajstić information content (AvgIpc) is 2.84. The first-order chi connectivity index (χ1) is 6.31. The van der Waals surface area contributed by atoms with Gasteiger partial charge in [0.2, 0.25) is 0 Å². The van der Waals surface area contributed by atoms with Crippen LogP contribution in [0.25, 0.3) is 0 Å². The van der Waals surface area contributed by atoms with Crippen molar-refractivity contribution in [1.29, 1.82) is 5.26 Å². The predicted octanol–water partition coefficient (Wildman–Crippen LogP) is 1.97. The molecule has 1 aliphatic rings. The monoisotopic (exact) mass is 194 g/mol. The molecule has 1 aliphatic carbocycles. The van der Waals surface area contributed by atoms with E-state index in [0.717, 1.165) is 5.01 Å². The Hall–Kier alpha value is -0.920. The highest BCUT2D eigenvalue weighted by molar-refractivity contribution is 7.09. The summed E-state index contributed by atoms with van der Waals surface area (Å²) in [5.41, 5.74) is 0.661. The fourth-order valence-corrected chi connectivity index (χ4v) is 2.20. The van der Waals surface area contributed by atoms with E-state index in [1.165, 1.54) is 12.8 Å². The van der Waals surface area contributed by atoms with Crippen molar-refractivity contribution >= 4 is 11.3 Å². The molecule has 1 heterocycles. The van der Waals surface area contributed by atoms with Gasteiger partial charge in [0.25, 0.3) is 0 Å². The Balaban J connectivity index is 2.08. The number of rotatable bonds is 3. The zero-order valence-electron chi connectivity index (χ0n) is 7.10. The van der Waals surface area contributed by atoms with Crippen molar-refractivity contribution in [3.63, 3.8) is 0 Å². The Labute approximate surface area is 80.7 Å². The van der Waals surface area contributed by atoms with E-state index in [1.807, 2.05) is 11.4 Å². The number of aromatic nitrogens is 1. The minimum absolute atomic E-state index is 0.133. The minimum Gasteiger partial charge on any atom is -0.386 e. The lowest BCUT2D eigenvalue weighted by Crippen LogP contribution is -1.96. The second-order valence-corrected chi connectivity index (χ2v) is 4.15. The van der Waals surface area contributed by atoms with E-state index in [4.69, 9.17) is 5.26 Å². The third kappa shape index (κ3) is 1.87. The zero-order valence-corrected chi connectivity index (χ0v) is 7.92. The molecule has 0 spiro atoms. The van der Waals surface area contributed by atoms with Gasteiger partial charge in [0.05, 0.1) is 23.2 Å². The number of thiazole rings is 1. The molecule has 4 heteroatoms. The van der Waals surface area contributed by atoms with Gasteiger partial charge in [0.15, 0.2) is 0 Å². The van der Waals surface area contributed by atoms with Gasteiger partial charge < -0.3 is 5.11 Å². The summed E-state index contributed by atoms with van der Waals surface area (Å²) < 4.78 is 0. The molecular weight excluding hydrogens is 184 g/mol. The molecule has 0 saturated heterocycles. The summed E-state index contributed by atoms with van der Waals surface area (Å²) in [6.07, 6.45) is 1.88. The van der Waals surface area contributed by atoms with Crippen LogP contribution in [0, 0.1) is 11.3 Å². The van der Waals surface area contributed by atoms with E-state index in [2.05, 4.69) is 4.98 Å². The lowest BCUT2D eigenvalue weighted by Gasteiger charge is -1.99. The minimum atomic E-state index is -0.700. The van der Waals surface area contributed by atoms with Crippen LogP contribution in [-0.4, -0.2) is 10.1 Å². The van der Waals surface area contributed by atoms with E-state index in [-0.39, 0.29) is 6.42 Å². The average molecular weight is 194 g/mol. The summed E-state index contributed by atoms with van der Waals surface area (Å²) in [5.74, 6) is 0.632. The molecule has 1 saturated carbocycles. The van der Waals surface area contributed by atoms with Gasteiger partial charge >= 0.3 is 0 Å². The zero-order chi connectivity index (χ0) is 9.26. The number of hydrogen-bond donors (Lipinski definition) is 1. The van der Waals surface area contributed by atoms with Gasteiger partial charge in [-0.25, -0.2) is 4.98 Å². The number of aliphatic hydroxyl groups excluding tert-OH is 1. The molecule has 1 atom stereocenters. The van der Waals surface area contributed by atoms with Crippen LogP contribution in [0.1, 0.15) is 42.0 Å². The maximum absolute atomic E-state index is 9.46. The Kier molecular flexibility index (Phi) is 2.30. The summed E-state index contributed by atoms with van der Waals surface area (Å²) in [7, 11) is 0. The van der Waals surface area contributed by atoms with Crippen molar-refractivity contribution in [3.05, 3.63) is 16.1 Å². The number of nitrogens with zero attached hydrogens (tertiary/aromatic N) is 2. The summed E-state index contributed by atoms with van der Waals surface area (Å²) in [6.45, 7) is 0. The Bertz CT molecular complexity index is 338. The van der Waals surface area contributed by atoms with E-state index in [1.54, 1.807) is 11.3 Å². The van der Waals surface area contributed by atoms with E-state index < -0.39 is 6.10 Å². The van der Waals surface area contributed by atoms with Crippen molar-refractivity contribution in [2.45, 2.75) is 31.3 Å². The maximum atomic E-state index is 9.46. The molecular formula is C9H10N2OS. The summed E-state index contributed by atoms with van der Waals surface area (Å²) >= 11 is 1.59. The van der Waals surface area contributed by atoms with Crippen LogP contribution < -0.4 is 0 Å². The highest BCUT2D eigenvalue weighted by Crippen LogP contribution is 2.41. The topological polar surface area (TPSA) is 56.9 Å². The van der Waals surface area contributed by atoms with Crippen molar-refractivity contribution in [2.75, 3.05) is 0 Å². The molecule has 1 aromatic heterocycles. The predicted molar refractivity (Wildman–Crippen MR) is 49.3 cm³/mol. The van der Waals surface area contributed by atoms with E-state index in [0.29, 0.717) is 11.6 Å². The van der Waals surface area contributed by atoms with Crippen molar-refractivity contribution < 1.29 is 5.11 Å². The SMILES string of the molecule is N#CCC(O)c1csc(C2CC2)n1. The molecule has 1 unspecified atom stereocenters. The first-order valence-corrected chi connectivity index (χ1v) is 5.19. The first kappa shape index (κ1) is 8.67. The van der Waals surface area contributed by atoms with Crippen LogP contribution in [0.3, 0.4) is 0 Å². The second kappa shape index (κ2) is 3.44. The first-order valence-electron chi connectivity index (χ1n) is 4.31. The van der Waals surface area contributed by atoms with Gasteiger partial charge in [0, 0.05) is 11.3 Å². The molecule has 2 rings (SSSR count). The highest BCUT2D eigenvalue weighted by Gasteiger charge is 2.27. The van der Waals surface area contributed by atoms with Gasteiger partial charge in [-0.3, -0.25) is 0 Å². The van der Waals surface area contributed by atoms with Gasteiger partial charge in [-0.2, -0.15) is 5.26 Å². The Morgan fingerprint density at radius 2 is 2.54 bits per heavy atom. The van der Waals surface area contributed by atoms with Crippen LogP contribution in [0.15, 0.2) is 5.38 Å². The maximum Gasteiger partial charge on any atom is 0.110 e. The molecule has 1 N–H and O–H groups in total. The van der Waals surface area contributed by atoms with Crippen molar-refractivity contribution in [3.8, 4) is 6.07 Å². The molecule has 0 bridgehead atoms. The molecule has 0 radical (unpaired) electrons. The van der Waals surface area contributed by atoms with Gasteiger partial charge in [-0.05, 0) is 12.8 Å². The molecule has 3 nitrogen and oxygen atoms in total. The molecule has 0 aliphatic heterocycles. The summed E-state index contributed by atoms with van der Waals surface area (Å²) in [4.78, 5) is 4.31. The Morgan fingerprint density at radius 3 is 3.15 bits per heavy atom. The molecule has 68 valence electrons. The quantitative estimate of drug-likeness (QED) is 0.800. The number of nitriles is 1. The number of aliphatic hydroxyl groups is 1. The van der Waals surface area contributed by atoms with Crippen molar-refractivity contribution in [2.24, 2.45) is 0 Å². The number of hydrogen-bond acceptors (Lipinski definition) is 4. The normalized spacial score (nSPS) is 18.2. The molecule has 0 amide bonds. The molecule has 0 aromatic carbocycles. The second-order valence-electron chi connectivity index (χ2n) is 3.26.